The number of aromatic amines is 1. The van der Waals surface area contributed by atoms with Crippen LogP contribution in [0.2, 0.25) is 0 Å². The molecule has 3 heterocycles. The maximum Gasteiger partial charge on any atom is 0.326 e. The lowest BCUT2D eigenvalue weighted by Gasteiger charge is -2.28. The highest BCUT2D eigenvalue weighted by atomic mass is 16.5. The molecule has 0 saturated carbocycles. The Morgan fingerprint density at radius 2 is 1.60 bits per heavy atom. The first kappa shape index (κ1) is 42.3. The molecule has 20 nitrogen and oxygen atoms in total. The molecule has 1 aliphatic rings. The average Bonchev–Trinajstić information content (AvgIpc) is 3.20. The Hall–Kier alpha value is -6.80. The number of rotatable bonds is 22. The zero-order valence-corrected chi connectivity index (χ0v) is 31.5. The fourth-order valence-electron chi connectivity index (χ4n) is 5.54. The Labute approximate surface area is 331 Å². The van der Waals surface area contributed by atoms with Gasteiger partial charge in [0.15, 0.2) is 11.2 Å². The number of ether oxygens (including phenoxy) is 2. The molecule has 20 heteroatoms. The number of benzene rings is 2. The Bertz CT molecular complexity index is 2160. The average molecular weight is 801 g/mol. The highest BCUT2D eigenvalue weighted by Crippen LogP contribution is 2.16. The Morgan fingerprint density at radius 3 is 2.29 bits per heavy atom. The van der Waals surface area contributed by atoms with Gasteiger partial charge in [-0.1, -0.05) is 12.1 Å². The molecule has 0 bridgehead atoms. The number of aliphatic carboxylic acids is 1. The van der Waals surface area contributed by atoms with Gasteiger partial charge in [-0.2, -0.15) is 4.98 Å². The summed E-state index contributed by atoms with van der Waals surface area (Å²) in [6.45, 7) is 1.69. The quantitative estimate of drug-likeness (QED) is 0.0426. The van der Waals surface area contributed by atoms with E-state index in [9.17, 15) is 38.7 Å². The third kappa shape index (κ3) is 12.9. The summed E-state index contributed by atoms with van der Waals surface area (Å²) in [5.41, 5.74) is 8.01. The van der Waals surface area contributed by atoms with Crippen LogP contribution in [0.3, 0.4) is 0 Å². The summed E-state index contributed by atoms with van der Waals surface area (Å²) in [6, 6.07) is 12.1. The number of carbonyl (C=O) groups is 6. The number of anilines is 3. The summed E-state index contributed by atoms with van der Waals surface area (Å²) in [5.74, 6) is -2.92. The number of amides is 5. The van der Waals surface area contributed by atoms with Gasteiger partial charge >= 0.3 is 5.97 Å². The van der Waals surface area contributed by atoms with Crippen LogP contribution in [0.25, 0.3) is 11.2 Å². The molecule has 1 aliphatic heterocycles. The van der Waals surface area contributed by atoms with E-state index < -0.39 is 29.4 Å². The van der Waals surface area contributed by atoms with Gasteiger partial charge in [0.1, 0.15) is 6.04 Å². The van der Waals surface area contributed by atoms with E-state index >= 15 is 0 Å². The molecule has 306 valence electrons. The lowest BCUT2D eigenvalue weighted by atomic mass is 10.1. The number of carboxylic acid groups (broad SMARTS) is 1. The number of hydrogen-bond acceptors (Lipinski definition) is 14. The van der Waals surface area contributed by atoms with Crippen molar-refractivity contribution in [3.63, 3.8) is 0 Å². The van der Waals surface area contributed by atoms with Crippen LogP contribution < -0.4 is 32.6 Å². The van der Waals surface area contributed by atoms with Gasteiger partial charge in [0, 0.05) is 49.3 Å². The summed E-state index contributed by atoms with van der Waals surface area (Å²) in [5, 5.41) is 20.6. The number of aryl methyl sites for hydroxylation is 1. The van der Waals surface area contributed by atoms with E-state index in [2.05, 4.69) is 41.2 Å². The van der Waals surface area contributed by atoms with Gasteiger partial charge in [0.2, 0.25) is 29.6 Å². The van der Waals surface area contributed by atoms with Crippen molar-refractivity contribution in [1.82, 2.24) is 35.5 Å². The van der Waals surface area contributed by atoms with Crippen LogP contribution in [-0.2, 0) is 46.4 Å². The fourth-order valence-corrected chi connectivity index (χ4v) is 5.54. The number of nitrogens with zero attached hydrogens (tertiary/aromatic N) is 4. The third-order valence-corrected chi connectivity index (χ3v) is 8.80. The standard InChI is InChI=1S/C38H44N10O10/c39-38-46-34-33(36(54)47-38)44-27(22-42-34)21-41-25-8-4-24(5-9-25)35(53)45-28(37(55)56)10-11-29(49)40-15-18-58-20-19-57-17-14-30(50)43-26-6-1-23(2-7-26)3-12-31(51)48-16-13-32(48)52/h1-2,4-9,22,28,41H,3,10-21H2,(H,40,49)(H,43,50)(H,45,53)(H,55,56)(H3,39,42,46,47,54). The second-order valence-corrected chi connectivity index (χ2v) is 13.1. The van der Waals surface area contributed by atoms with Crippen LogP contribution in [0.1, 0.15) is 53.7 Å². The minimum atomic E-state index is -1.30. The second kappa shape index (κ2) is 20.9. The van der Waals surface area contributed by atoms with E-state index in [0.29, 0.717) is 36.5 Å². The van der Waals surface area contributed by atoms with Crippen molar-refractivity contribution in [1.29, 1.82) is 0 Å². The minimum absolute atomic E-state index is 0.0450. The van der Waals surface area contributed by atoms with E-state index in [1.54, 1.807) is 24.3 Å². The summed E-state index contributed by atoms with van der Waals surface area (Å²) in [7, 11) is 0. The van der Waals surface area contributed by atoms with Crippen molar-refractivity contribution in [3.8, 4) is 0 Å². The maximum atomic E-state index is 12.8. The smallest absolute Gasteiger partial charge is 0.326 e. The summed E-state index contributed by atoms with van der Waals surface area (Å²) < 4.78 is 10.9. The van der Waals surface area contributed by atoms with Gasteiger partial charge in [0.25, 0.3) is 11.5 Å². The monoisotopic (exact) mass is 800 g/mol. The molecular weight excluding hydrogens is 756 g/mol. The largest absolute Gasteiger partial charge is 0.480 e. The molecule has 2 aromatic carbocycles. The molecule has 58 heavy (non-hydrogen) atoms. The van der Waals surface area contributed by atoms with Gasteiger partial charge in [-0.3, -0.25) is 38.7 Å². The number of carboxylic acids is 1. The van der Waals surface area contributed by atoms with Gasteiger partial charge in [0.05, 0.1) is 51.3 Å². The van der Waals surface area contributed by atoms with Crippen molar-refractivity contribution in [2.45, 2.75) is 51.1 Å². The highest BCUT2D eigenvalue weighted by molar-refractivity contribution is 5.99. The number of nitrogens with two attached hydrogens (primary N) is 1. The molecule has 1 fully saturated rings. The number of nitrogens with one attached hydrogen (secondary N) is 5. The second-order valence-electron chi connectivity index (χ2n) is 13.1. The fraction of sp³-hybridized carbons (Fsp3) is 0.368. The lowest BCUT2D eigenvalue weighted by Crippen LogP contribution is -2.47. The normalized spacial score (nSPS) is 12.7. The Balaban J connectivity index is 0.888. The van der Waals surface area contributed by atoms with Crippen molar-refractivity contribution in [2.75, 3.05) is 55.9 Å². The van der Waals surface area contributed by atoms with Crippen molar-refractivity contribution in [2.24, 2.45) is 0 Å². The van der Waals surface area contributed by atoms with Crippen molar-refractivity contribution >= 4 is 64.0 Å². The molecule has 1 atom stereocenters. The number of aromatic nitrogens is 4. The highest BCUT2D eigenvalue weighted by Gasteiger charge is 2.29. The predicted molar refractivity (Wildman–Crippen MR) is 208 cm³/mol. The van der Waals surface area contributed by atoms with Crippen molar-refractivity contribution in [3.05, 3.63) is 81.9 Å². The number of fused-ring (bicyclic) bond motifs is 1. The molecule has 8 N–H and O–H groups in total. The van der Waals surface area contributed by atoms with Gasteiger partial charge in [-0.05, 0) is 54.8 Å². The maximum absolute atomic E-state index is 12.8. The first-order valence-electron chi connectivity index (χ1n) is 18.5. The van der Waals surface area contributed by atoms with E-state index in [4.69, 9.17) is 15.2 Å². The third-order valence-electron chi connectivity index (χ3n) is 8.80. The van der Waals surface area contributed by atoms with E-state index in [-0.39, 0.29) is 106 Å². The molecule has 0 radical (unpaired) electrons. The number of β-lactam (4-membered cyclic amide) rings is 1. The number of hydrogen-bond donors (Lipinski definition) is 7. The number of imide groups is 1. The summed E-state index contributed by atoms with van der Waals surface area (Å²) in [4.78, 5) is 101. The first-order valence-corrected chi connectivity index (χ1v) is 18.5. The predicted octanol–water partition coefficient (Wildman–Crippen LogP) is 0.740. The lowest BCUT2D eigenvalue weighted by molar-refractivity contribution is -0.152. The molecule has 5 rings (SSSR count). The Morgan fingerprint density at radius 1 is 0.879 bits per heavy atom. The summed E-state index contributed by atoms with van der Waals surface area (Å²) in [6.07, 6.45) is 2.47. The van der Waals surface area contributed by atoms with Crippen LogP contribution >= 0.6 is 0 Å². The first-order chi connectivity index (χ1) is 27.9. The van der Waals surface area contributed by atoms with Crippen molar-refractivity contribution < 1.29 is 43.3 Å². The van der Waals surface area contributed by atoms with Gasteiger partial charge in [-0.15, -0.1) is 0 Å². The molecule has 4 aromatic rings. The van der Waals surface area contributed by atoms with Crippen LogP contribution in [0.5, 0.6) is 0 Å². The van der Waals surface area contributed by atoms with E-state index in [1.165, 1.54) is 23.2 Å². The molecule has 0 spiro atoms. The number of H-pyrrole nitrogens is 1. The topological polar surface area (TPSA) is 290 Å². The van der Waals surface area contributed by atoms with E-state index in [1.807, 2.05) is 12.1 Å². The SMILES string of the molecule is Nc1nc2ncc(CNc3ccc(C(=O)NC(CCC(=O)NCCOCCOCCC(=O)Nc4ccc(CCC(=O)N5CCC5=O)cc4)C(=O)O)cc3)nc2c(=O)[nH]1. The number of likely N-dealkylation sites (tertiary alicyclic amines) is 1. The molecule has 0 aliphatic carbocycles. The van der Waals surface area contributed by atoms with Gasteiger partial charge in [-0.25, -0.2) is 14.8 Å². The molecule has 1 saturated heterocycles. The zero-order valence-electron chi connectivity index (χ0n) is 31.5. The number of nitrogen functional groups attached to an aromatic ring is 1. The molecule has 5 amide bonds. The van der Waals surface area contributed by atoms with Crippen LogP contribution in [0.15, 0.2) is 59.5 Å². The molecule has 1 unspecified atom stereocenters. The zero-order chi connectivity index (χ0) is 41.4. The van der Waals surface area contributed by atoms with Crippen LogP contribution in [0.4, 0.5) is 17.3 Å². The van der Waals surface area contributed by atoms with Crippen LogP contribution in [0, 0.1) is 0 Å². The molecule has 2 aromatic heterocycles. The number of carbonyl (C=O) groups excluding carboxylic acids is 5. The Kier molecular flexibility index (Phi) is 15.3. The minimum Gasteiger partial charge on any atom is -0.480 e. The van der Waals surface area contributed by atoms with E-state index in [0.717, 1.165) is 5.56 Å². The summed E-state index contributed by atoms with van der Waals surface area (Å²) >= 11 is 0. The van der Waals surface area contributed by atoms with Crippen LogP contribution in [-0.4, -0.2) is 111 Å². The van der Waals surface area contributed by atoms with Gasteiger partial charge < -0.3 is 41.6 Å². The molecular formula is C38H44N10O10.